The molecule has 2 aromatic rings. The standard InChI is InChI=1S/C25H34N2O6/c1-14(28)33-8-6-16-9-15-12-25(24(29)32-4)22-17(5-7-27(13-15)23(16)25)18-10-20(30-2)21(31-3)11-19(18)26-22/h10-11,14-16,23,26,28H,5-9,12-13H2,1-4H3/t14?,15-,16?,23?,25?/m0/s1. The summed E-state index contributed by atoms with van der Waals surface area (Å²) in [6.07, 6.45) is 2.72. The van der Waals surface area contributed by atoms with Gasteiger partial charge in [-0.3, -0.25) is 9.69 Å². The molecular weight excluding hydrogens is 424 g/mol. The number of carbonyl (C=O) groups excluding carboxylic acids is 1. The van der Waals surface area contributed by atoms with Gasteiger partial charge in [0.2, 0.25) is 0 Å². The Kier molecular flexibility index (Phi) is 5.79. The van der Waals surface area contributed by atoms with E-state index in [0.29, 0.717) is 24.0 Å². The van der Waals surface area contributed by atoms with E-state index < -0.39 is 11.7 Å². The molecule has 5 unspecified atom stereocenters. The third kappa shape index (κ3) is 3.42. The Bertz CT molecular complexity index is 1050. The third-order valence-corrected chi connectivity index (χ3v) is 7.99. The number of rotatable bonds is 7. The number of H-pyrrole nitrogens is 1. The summed E-state index contributed by atoms with van der Waals surface area (Å²) in [5, 5.41) is 10.6. The lowest BCUT2D eigenvalue weighted by atomic mass is 9.56. The highest BCUT2D eigenvalue weighted by molar-refractivity contribution is 5.93. The molecule has 1 aromatic carbocycles. The number of hydrogen-bond donors (Lipinski definition) is 2. The second kappa shape index (κ2) is 8.49. The average Bonchev–Trinajstić information content (AvgIpc) is 3.13. The van der Waals surface area contributed by atoms with E-state index in [1.54, 1.807) is 21.1 Å². The number of aromatic amines is 1. The molecule has 4 aliphatic rings. The van der Waals surface area contributed by atoms with Gasteiger partial charge in [0.15, 0.2) is 17.8 Å². The minimum atomic E-state index is -0.784. The predicted octanol–water partition coefficient (Wildman–Crippen LogP) is 2.61. The zero-order valence-electron chi connectivity index (χ0n) is 19.8. The van der Waals surface area contributed by atoms with Gasteiger partial charge in [-0.05, 0) is 56.1 Å². The van der Waals surface area contributed by atoms with Crippen LogP contribution in [0.3, 0.4) is 0 Å². The van der Waals surface area contributed by atoms with Crippen LogP contribution in [0.4, 0.5) is 0 Å². The molecule has 3 aliphatic heterocycles. The summed E-state index contributed by atoms with van der Waals surface area (Å²) < 4.78 is 22.1. The van der Waals surface area contributed by atoms with Crippen LogP contribution in [0.1, 0.15) is 37.4 Å². The lowest BCUT2D eigenvalue weighted by Crippen LogP contribution is -2.67. The maximum atomic E-state index is 13.7. The molecule has 1 aliphatic carbocycles. The third-order valence-electron chi connectivity index (χ3n) is 7.99. The number of piperidine rings is 2. The number of aliphatic hydroxyl groups is 1. The summed E-state index contributed by atoms with van der Waals surface area (Å²) >= 11 is 0. The molecular formula is C25H34N2O6. The number of hydrogen-bond acceptors (Lipinski definition) is 7. The highest BCUT2D eigenvalue weighted by Gasteiger charge is 2.62. The van der Waals surface area contributed by atoms with Gasteiger partial charge >= 0.3 is 5.97 Å². The topological polar surface area (TPSA) is 93.3 Å². The summed E-state index contributed by atoms with van der Waals surface area (Å²) in [4.78, 5) is 19.8. The van der Waals surface area contributed by atoms with Gasteiger partial charge in [-0.1, -0.05) is 0 Å². The SMILES string of the molecule is COC(=O)C12C[C@@H]3CC(CCOC(C)O)C1N(CCc1c2[nH]c2cc(OC)c(OC)cc12)C3. The van der Waals surface area contributed by atoms with Crippen molar-refractivity contribution in [3.8, 4) is 11.5 Å². The number of nitrogens with zero attached hydrogens (tertiary/aromatic N) is 1. The Balaban J connectivity index is 1.66. The first-order chi connectivity index (χ1) is 15.9. The maximum Gasteiger partial charge on any atom is 0.319 e. The number of methoxy groups -OCH3 is 3. The Labute approximate surface area is 194 Å². The van der Waals surface area contributed by atoms with Gasteiger partial charge in [0.05, 0.1) is 27.9 Å². The summed E-state index contributed by atoms with van der Waals surface area (Å²) in [5.74, 6) is 1.87. The van der Waals surface area contributed by atoms with Crippen molar-refractivity contribution in [2.45, 2.75) is 50.4 Å². The lowest BCUT2D eigenvalue weighted by Gasteiger charge is -2.58. The number of fused-ring (bicyclic) bond motifs is 4. The van der Waals surface area contributed by atoms with E-state index in [0.717, 1.165) is 55.4 Å². The van der Waals surface area contributed by atoms with Crippen molar-refractivity contribution in [2.75, 3.05) is 41.0 Å². The van der Waals surface area contributed by atoms with E-state index in [1.807, 2.05) is 12.1 Å². The Morgan fingerprint density at radius 1 is 1.27 bits per heavy atom. The zero-order chi connectivity index (χ0) is 23.3. The van der Waals surface area contributed by atoms with Gasteiger partial charge in [0, 0.05) is 41.8 Å². The number of carbonyl (C=O) groups is 1. The number of esters is 1. The quantitative estimate of drug-likeness (QED) is 0.487. The minimum Gasteiger partial charge on any atom is -0.493 e. The first kappa shape index (κ1) is 22.5. The van der Waals surface area contributed by atoms with E-state index >= 15 is 0 Å². The molecule has 1 aromatic heterocycles. The Morgan fingerprint density at radius 2 is 2.03 bits per heavy atom. The van der Waals surface area contributed by atoms with Crippen LogP contribution in [0.15, 0.2) is 12.1 Å². The van der Waals surface area contributed by atoms with Gasteiger partial charge in [-0.25, -0.2) is 0 Å². The summed E-state index contributed by atoms with van der Waals surface area (Å²) in [6.45, 7) is 4.01. The van der Waals surface area contributed by atoms with Crippen LogP contribution in [0.2, 0.25) is 0 Å². The Hall–Kier alpha value is -2.29. The number of benzene rings is 1. The first-order valence-corrected chi connectivity index (χ1v) is 11.8. The fourth-order valence-electron chi connectivity index (χ4n) is 6.92. The molecule has 0 radical (unpaired) electrons. The van der Waals surface area contributed by atoms with Gasteiger partial charge in [-0.2, -0.15) is 0 Å². The average molecular weight is 459 g/mol. The molecule has 0 spiro atoms. The number of aliphatic hydroxyl groups excluding tert-OH is 1. The highest BCUT2D eigenvalue weighted by Crippen LogP contribution is 2.55. The molecule has 2 N–H and O–H groups in total. The molecule has 33 heavy (non-hydrogen) atoms. The van der Waals surface area contributed by atoms with Gasteiger partial charge in [0.1, 0.15) is 5.41 Å². The van der Waals surface area contributed by atoms with Gasteiger partial charge in [0.25, 0.3) is 0 Å². The van der Waals surface area contributed by atoms with Crippen LogP contribution in [-0.2, 0) is 26.1 Å². The molecule has 1 saturated carbocycles. The molecule has 8 nitrogen and oxygen atoms in total. The molecule has 6 atom stereocenters. The van der Waals surface area contributed by atoms with E-state index in [4.69, 9.17) is 18.9 Å². The van der Waals surface area contributed by atoms with Crippen molar-refractivity contribution < 1.29 is 28.8 Å². The van der Waals surface area contributed by atoms with E-state index in [1.165, 1.54) is 12.7 Å². The molecule has 8 heteroatoms. The van der Waals surface area contributed by atoms with Crippen LogP contribution in [0.5, 0.6) is 11.5 Å². The molecule has 6 rings (SSSR count). The van der Waals surface area contributed by atoms with Crippen LogP contribution >= 0.6 is 0 Å². The van der Waals surface area contributed by atoms with Crippen molar-refractivity contribution in [1.82, 2.24) is 9.88 Å². The van der Waals surface area contributed by atoms with Crippen molar-refractivity contribution in [1.29, 1.82) is 0 Å². The summed E-state index contributed by atoms with van der Waals surface area (Å²) in [7, 11) is 4.77. The molecule has 0 amide bonds. The number of aromatic nitrogens is 1. The molecule has 4 bridgehead atoms. The van der Waals surface area contributed by atoms with E-state index in [9.17, 15) is 9.90 Å². The highest BCUT2D eigenvalue weighted by atomic mass is 16.6. The van der Waals surface area contributed by atoms with Crippen molar-refractivity contribution in [3.63, 3.8) is 0 Å². The zero-order valence-corrected chi connectivity index (χ0v) is 19.8. The largest absolute Gasteiger partial charge is 0.493 e. The number of nitrogens with one attached hydrogen (secondary N) is 1. The number of ether oxygens (including phenoxy) is 4. The van der Waals surface area contributed by atoms with E-state index in [-0.39, 0.29) is 17.9 Å². The first-order valence-electron chi connectivity index (χ1n) is 11.8. The van der Waals surface area contributed by atoms with Crippen molar-refractivity contribution in [3.05, 3.63) is 23.4 Å². The molecule has 180 valence electrons. The fourth-order valence-corrected chi connectivity index (χ4v) is 6.92. The summed E-state index contributed by atoms with van der Waals surface area (Å²) in [6, 6.07) is 4.01. The van der Waals surface area contributed by atoms with Gasteiger partial charge in [-0.15, -0.1) is 0 Å². The van der Waals surface area contributed by atoms with Crippen molar-refractivity contribution in [2.24, 2.45) is 11.8 Å². The lowest BCUT2D eigenvalue weighted by molar-refractivity contribution is -0.164. The molecule has 2 saturated heterocycles. The monoisotopic (exact) mass is 458 g/mol. The van der Waals surface area contributed by atoms with Crippen LogP contribution in [0, 0.1) is 11.8 Å². The Morgan fingerprint density at radius 3 is 2.73 bits per heavy atom. The summed E-state index contributed by atoms with van der Waals surface area (Å²) in [5.41, 5.74) is 2.35. The maximum absolute atomic E-state index is 13.7. The normalized spacial score (nSPS) is 31.1. The van der Waals surface area contributed by atoms with Crippen LogP contribution < -0.4 is 9.47 Å². The van der Waals surface area contributed by atoms with Crippen LogP contribution in [0.25, 0.3) is 10.9 Å². The fraction of sp³-hybridized carbons (Fsp3) is 0.640. The van der Waals surface area contributed by atoms with Crippen LogP contribution in [-0.4, -0.2) is 74.3 Å². The smallest absolute Gasteiger partial charge is 0.319 e. The second-order valence-corrected chi connectivity index (χ2v) is 9.71. The predicted molar refractivity (Wildman–Crippen MR) is 123 cm³/mol. The van der Waals surface area contributed by atoms with E-state index in [2.05, 4.69) is 9.88 Å². The molecule has 4 heterocycles. The minimum absolute atomic E-state index is 0.0330. The second-order valence-electron chi connectivity index (χ2n) is 9.71. The van der Waals surface area contributed by atoms with Gasteiger partial charge < -0.3 is 29.0 Å². The van der Waals surface area contributed by atoms with Crippen molar-refractivity contribution >= 4 is 16.9 Å². The molecule has 3 fully saturated rings.